The number of carbonyl (C=O) groups excluding carboxylic acids is 1. The lowest BCUT2D eigenvalue weighted by Crippen LogP contribution is -2.22. The molecular weight excluding hydrogens is 244 g/mol. The molecule has 0 unspecified atom stereocenters. The molecule has 2 rings (SSSR count). The zero-order valence-corrected chi connectivity index (χ0v) is 10.7. The maximum Gasteiger partial charge on any atom is 0.296 e. The highest BCUT2D eigenvalue weighted by molar-refractivity contribution is 8.03. The summed E-state index contributed by atoms with van der Waals surface area (Å²) in [6.07, 6.45) is 3.58. The van der Waals surface area contributed by atoms with Crippen LogP contribution in [0.1, 0.15) is 0 Å². The van der Waals surface area contributed by atoms with Gasteiger partial charge < -0.3 is 9.64 Å². The van der Waals surface area contributed by atoms with Crippen molar-refractivity contribution in [2.45, 2.75) is 0 Å². The minimum absolute atomic E-state index is 0.188. The van der Waals surface area contributed by atoms with Gasteiger partial charge in [-0.25, -0.2) is 0 Å². The number of likely N-dealkylation sites (N-methyl/N-ethyl adjacent to an activating group) is 1. The third-order valence-electron chi connectivity index (χ3n) is 2.42. The molecule has 0 aromatic carbocycles. The molecule has 2 saturated heterocycles. The van der Waals surface area contributed by atoms with Crippen LogP contribution in [0.25, 0.3) is 0 Å². The number of amides is 1. The van der Waals surface area contributed by atoms with E-state index in [0.717, 1.165) is 17.3 Å². The summed E-state index contributed by atoms with van der Waals surface area (Å²) in [6, 6.07) is 0. The van der Waals surface area contributed by atoms with Gasteiger partial charge in [0, 0.05) is 26.4 Å². The van der Waals surface area contributed by atoms with E-state index in [9.17, 15) is 4.79 Å². The maximum atomic E-state index is 11.6. The fourth-order valence-corrected chi connectivity index (χ4v) is 2.61. The molecule has 2 aliphatic heterocycles. The summed E-state index contributed by atoms with van der Waals surface area (Å²) in [5, 5.41) is 1.35. The highest BCUT2D eigenvalue weighted by atomic mass is 32.2. The van der Waals surface area contributed by atoms with Gasteiger partial charge in [-0.3, -0.25) is 9.69 Å². The summed E-state index contributed by atoms with van der Waals surface area (Å²) in [5.41, 5.74) is 0. The van der Waals surface area contributed by atoms with Gasteiger partial charge in [-0.15, -0.1) is 11.8 Å². The van der Waals surface area contributed by atoms with E-state index >= 15 is 0 Å². The molecule has 6 heteroatoms. The van der Waals surface area contributed by atoms with Crippen LogP contribution in [0.5, 0.6) is 0 Å². The molecule has 2 heterocycles. The summed E-state index contributed by atoms with van der Waals surface area (Å²) in [6.45, 7) is 1.03. The van der Waals surface area contributed by atoms with E-state index in [1.807, 2.05) is 13.1 Å². The van der Waals surface area contributed by atoms with Gasteiger partial charge in [0.2, 0.25) is 0 Å². The van der Waals surface area contributed by atoms with Gasteiger partial charge in [-0.1, -0.05) is 0 Å². The van der Waals surface area contributed by atoms with Crippen LogP contribution in [0.4, 0.5) is 0 Å². The van der Waals surface area contributed by atoms with Crippen LogP contribution < -0.4 is 0 Å². The zero-order chi connectivity index (χ0) is 11.7. The number of thiocarbonyl (C=S) groups is 1. The average molecular weight is 256 g/mol. The Kier molecular flexibility index (Phi) is 3.20. The second-order valence-electron chi connectivity index (χ2n) is 3.54. The summed E-state index contributed by atoms with van der Waals surface area (Å²) in [5.74, 6) is 1.19. The van der Waals surface area contributed by atoms with Crippen LogP contribution in [-0.4, -0.2) is 47.3 Å². The highest BCUT2D eigenvalue weighted by Gasteiger charge is 2.29. The lowest BCUT2D eigenvalue weighted by molar-refractivity contribution is -0.122. The Morgan fingerprint density at radius 1 is 1.44 bits per heavy atom. The van der Waals surface area contributed by atoms with Crippen molar-refractivity contribution in [1.29, 1.82) is 0 Å². The van der Waals surface area contributed by atoms with Crippen molar-refractivity contribution in [3.05, 3.63) is 22.9 Å². The van der Waals surface area contributed by atoms with Crippen LogP contribution in [0.15, 0.2) is 22.9 Å². The summed E-state index contributed by atoms with van der Waals surface area (Å²) in [4.78, 5) is 15.1. The van der Waals surface area contributed by atoms with Crippen molar-refractivity contribution < 1.29 is 9.53 Å². The molecule has 0 radical (unpaired) electrons. The molecule has 1 amide bonds. The number of nitrogens with zero attached hydrogens (tertiary/aromatic N) is 2. The first-order chi connectivity index (χ1) is 7.59. The van der Waals surface area contributed by atoms with E-state index in [2.05, 4.69) is 4.90 Å². The number of ether oxygens (including phenoxy) is 1. The molecule has 2 fully saturated rings. The van der Waals surface area contributed by atoms with Gasteiger partial charge >= 0.3 is 0 Å². The number of carbonyl (C=O) groups is 1. The molecule has 2 aliphatic rings. The number of allylic oxidation sites excluding steroid dienone is 2. The number of rotatable bonds is 1. The Hall–Kier alpha value is -1.01. The Morgan fingerprint density at radius 3 is 2.69 bits per heavy atom. The van der Waals surface area contributed by atoms with Crippen molar-refractivity contribution in [3.8, 4) is 0 Å². The molecule has 16 heavy (non-hydrogen) atoms. The van der Waals surface area contributed by atoms with E-state index in [0.29, 0.717) is 5.76 Å². The quantitative estimate of drug-likeness (QED) is 0.519. The lowest BCUT2D eigenvalue weighted by atomic mass is 10.4. The molecule has 4 nitrogen and oxygen atoms in total. The minimum Gasteiger partial charge on any atom is -0.426 e. The van der Waals surface area contributed by atoms with Gasteiger partial charge in [0.15, 0.2) is 5.76 Å². The molecule has 0 aromatic heterocycles. The molecule has 0 saturated carbocycles. The van der Waals surface area contributed by atoms with E-state index < -0.39 is 0 Å². The first kappa shape index (κ1) is 11.5. The SMILES string of the molecule is CN1C(=O)/C(=C/C=C2/SCCN2C)OC1=S. The number of hydrogen-bond acceptors (Lipinski definition) is 5. The second kappa shape index (κ2) is 4.47. The van der Waals surface area contributed by atoms with E-state index in [1.54, 1.807) is 24.9 Å². The van der Waals surface area contributed by atoms with Gasteiger partial charge in [0.1, 0.15) is 0 Å². The smallest absolute Gasteiger partial charge is 0.296 e. The van der Waals surface area contributed by atoms with Crippen molar-refractivity contribution in [3.63, 3.8) is 0 Å². The molecule has 86 valence electrons. The van der Waals surface area contributed by atoms with Crippen molar-refractivity contribution in [2.24, 2.45) is 0 Å². The highest BCUT2D eigenvalue weighted by Crippen LogP contribution is 2.26. The minimum atomic E-state index is -0.188. The van der Waals surface area contributed by atoms with Gasteiger partial charge in [0.25, 0.3) is 11.1 Å². The molecule has 0 aliphatic carbocycles. The first-order valence-electron chi connectivity index (χ1n) is 4.85. The number of hydrogen-bond donors (Lipinski definition) is 0. The molecular formula is C10H12N2O2S2. The number of thioether (sulfide) groups is 1. The van der Waals surface area contributed by atoms with Crippen LogP contribution in [-0.2, 0) is 9.53 Å². The van der Waals surface area contributed by atoms with Crippen LogP contribution in [0.3, 0.4) is 0 Å². The maximum absolute atomic E-state index is 11.6. The standard InChI is InChI=1S/C10H12N2O2S2/c1-11-5-6-16-8(11)4-3-7-9(13)12(2)10(15)14-7/h3-4H,5-6H2,1-2H3/b7-3-,8-4+. The molecule has 0 spiro atoms. The van der Waals surface area contributed by atoms with Crippen LogP contribution in [0, 0.1) is 0 Å². The zero-order valence-electron chi connectivity index (χ0n) is 9.10. The molecule has 0 bridgehead atoms. The molecule has 0 atom stereocenters. The van der Waals surface area contributed by atoms with Crippen LogP contribution >= 0.6 is 24.0 Å². The second-order valence-corrected chi connectivity index (χ2v) is 5.00. The predicted octanol–water partition coefficient (Wildman–Crippen LogP) is 1.16. The Labute approximate surface area is 104 Å². The lowest BCUT2D eigenvalue weighted by Gasteiger charge is -2.09. The predicted molar refractivity (Wildman–Crippen MR) is 67.7 cm³/mol. The van der Waals surface area contributed by atoms with Gasteiger partial charge in [-0.2, -0.15) is 0 Å². The van der Waals surface area contributed by atoms with Crippen LogP contribution in [0.2, 0.25) is 0 Å². The summed E-state index contributed by atoms with van der Waals surface area (Å²) < 4.78 is 5.18. The first-order valence-corrected chi connectivity index (χ1v) is 6.25. The fraction of sp³-hybridized carbons (Fsp3) is 0.400. The Balaban J connectivity index is 2.14. The Morgan fingerprint density at radius 2 is 2.19 bits per heavy atom. The van der Waals surface area contributed by atoms with E-state index in [4.69, 9.17) is 17.0 Å². The van der Waals surface area contributed by atoms with Gasteiger partial charge in [-0.05, 0) is 24.4 Å². The topological polar surface area (TPSA) is 32.8 Å². The largest absolute Gasteiger partial charge is 0.426 e. The fourth-order valence-electron chi connectivity index (χ4n) is 1.39. The summed E-state index contributed by atoms with van der Waals surface area (Å²) >= 11 is 6.64. The van der Waals surface area contributed by atoms with Crippen molar-refractivity contribution in [1.82, 2.24) is 9.80 Å². The monoisotopic (exact) mass is 256 g/mol. The normalized spacial score (nSPS) is 26.1. The Bertz CT molecular complexity index is 404. The van der Waals surface area contributed by atoms with Gasteiger partial charge in [0.05, 0.1) is 5.03 Å². The van der Waals surface area contributed by atoms with E-state index in [1.165, 1.54) is 4.90 Å². The third-order valence-corrected chi connectivity index (χ3v) is 3.90. The molecule has 0 N–H and O–H groups in total. The van der Waals surface area contributed by atoms with E-state index in [-0.39, 0.29) is 11.1 Å². The summed E-state index contributed by atoms with van der Waals surface area (Å²) in [7, 11) is 3.63. The van der Waals surface area contributed by atoms with Crippen molar-refractivity contribution >= 4 is 35.1 Å². The third kappa shape index (κ3) is 2.08. The average Bonchev–Trinajstić information content (AvgIpc) is 2.76. The van der Waals surface area contributed by atoms with Crippen molar-refractivity contribution in [2.75, 3.05) is 26.4 Å². The molecule has 0 aromatic rings.